The molecule has 0 radical (unpaired) electrons. The Kier molecular flexibility index (Phi) is 4.70. The van der Waals surface area contributed by atoms with Crippen molar-refractivity contribution in [1.29, 1.82) is 0 Å². The van der Waals surface area contributed by atoms with E-state index in [1.807, 2.05) is 43.3 Å². The highest BCUT2D eigenvalue weighted by Crippen LogP contribution is 2.20. The van der Waals surface area contributed by atoms with Gasteiger partial charge in [-0.1, -0.05) is 0 Å². The molecule has 0 saturated carbocycles. The van der Waals surface area contributed by atoms with Crippen molar-refractivity contribution in [2.24, 2.45) is 0 Å². The van der Waals surface area contributed by atoms with Crippen molar-refractivity contribution < 1.29 is 13.9 Å². The monoisotopic (exact) mass is 338 g/mol. The summed E-state index contributed by atoms with van der Waals surface area (Å²) >= 11 is 0. The second-order valence-electron chi connectivity index (χ2n) is 5.73. The first-order chi connectivity index (χ1) is 12.0. The number of anilines is 2. The van der Waals surface area contributed by atoms with Gasteiger partial charge in [-0.25, -0.2) is 4.79 Å². The summed E-state index contributed by atoms with van der Waals surface area (Å²) < 4.78 is 10.6. The van der Waals surface area contributed by atoms with Gasteiger partial charge < -0.3 is 19.4 Å². The molecule has 0 unspecified atom stereocenters. The summed E-state index contributed by atoms with van der Waals surface area (Å²) in [4.78, 5) is 25.2. The van der Waals surface area contributed by atoms with E-state index in [1.165, 1.54) is 6.07 Å². The van der Waals surface area contributed by atoms with Crippen LogP contribution in [0.3, 0.4) is 0 Å². The molecule has 1 heterocycles. The van der Waals surface area contributed by atoms with Crippen molar-refractivity contribution >= 4 is 28.3 Å². The van der Waals surface area contributed by atoms with E-state index in [2.05, 4.69) is 5.32 Å². The quantitative estimate of drug-likeness (QED) is 0.724. The highest BCUT2D eigenvalue weighted by molar-refractivity contribution is 5.92. The molecular formula is C19H18N2O4. The summed E-state index contributed by atoms with van der Waals surface area (Å²) in [5.74, 6) is 0.187. The van der Waals surface area contributed by atoms with Gasteiger partial charge in [0, 0.05) is 43.0 Å². The van der Waals surface area contributed by atoms with E-state index in [0.29, 0.717) is 17.0 Å². The molecule has 0 fully saturated rings. The van der Waals surface area contributed by atoms with Crippen LogP contribution in [-0.2, 0) is 4.79 Å². The molecule has 3 rings (SSSR count). The lowest BCUT2D eigenvalue weighted by atomic mass is 10.2. The topological polar surface area (TPSA) is 71.8 Å². The summed E-state index contributed by atoms with van der Waals surface area (Å²) in [6.45, 7) is -0.141. The minimum Gasteiger partial charge on any atom is -0.484 e. The Morgan fingerprint density at radius 3 is 2.52 bits per heavy atom. The van der Waals surface area contributed by atoms with Crippen molar-refractivity contribution in [3.05, 3.63) is 65.0 Å². The lowest BCUT2D eigenvalue weighted by Crippen LogP contribution is -2.20. The SMILES string of the molecule is CN(C)c1ccc(NC(=O)COc2ccc3ccc(=O)oc3c2)cc1. The Hall–Kier alpha value is -3.28. The van der Waals surface area contributed by atoms with Crippen LogP contribution < -0.4 is 20.6 Å². The predicted molar refractivity (Wildman–Crippen MR) is 97.4 cm³/mol. The molecule has 0 aliphatic rings. The van der Waals surface area contributed by atoms with Crippen LogP contribution in [0.5, 0.6) is 5.75 Å². The van der Waals surface area contributed by atoms with Gasteiger partial charge in [-0.2, -0.15) is 0 Å². The molecule has 0 saturated heterocycles. The molecule has 2 aromatic carbocycles. The van der Waals surface area contributed by atoms with Crippen LogP contribution in [0.4, 0.5) is 11.4 Å². The van der Waals surface area contributed by atoms with E-state index in [4.69, 9.17) is 9.15 Å². The molecule has 0 atom stereocenters. The van der Waals surface area contributed by atoms with E-state index in [-0.39, 0.29) is 12.5 Å². The van der Waals surface area contributed by atoms with E-state index in [0.717, 1.165) is 11.1 Å². The van der Waals surface area contributed by atoms with Crippen LogP contribution in [0.1, 0.15) is 0 Å². The van der Waals surface area contributed by atoms with E-state index >= 15 is 0 Å². The molecule has 128 valence electrons. The van der Waals surface area contributed by atoms with Crippen LogP contribution in [-0.4, -0.2) is 26.6 Å². The zero-order chi connectivity index (χ0) is 17.8. The maximum absolute atomic E-state index is 12.0. The van der Waals surface area contributed by atoms with Crippen molar-refractivity contribution in [3.8, 4) is 5.75 Å². The standard InChI is InChI=1S/C19H18N2O4/c1-21(2)15-7-5-14(6-8-15)20-18(22)12-24-16-9-3-13-4-10-19(23)25-17(13)11-16/h3-11H,12H2,1-2H3,(H,20,22). The predicted octanol–water partition coefficient (Wildman–Crippen LogP) is 2.88. The van der Waals surface area contributed by atoms with Gasteiger partial charge >= 0.3 is 5.63 Å². The summed E-state index contributed by atoms with van der Waals surface area (Å²) in [7, 11) is 3.90. The number of carbonyl (C=O) groups excluding carboxylic acids is 1. The number of ether oxygens (including phenoxy) is 1. The number of benzene rings is 2. The maximum Gasteiger partial charge on any atom is 0.336 e. The molecule has 3 aromatic rings. The Morgan fingerprint density at radius 2 is 1.80 bits per heavy atom. The lowest BCUT2D eigenvalue weighted by Gasteiger charge is -2.13. The fraction of sp³-hybridized carbons (Fsp3) is 0.158. The van der Waals surface area contributed by atoms with Crippen LogP contribution in [0, 0.1) is 0 Å². The van der Waals surface area contributed by atoms with Crippen molar-refractivity contribution in [2.45, 2.75) is 0 Å². The Labute approximate surface area is 144 Å². The summed E-state index contributed by atoms with van der Waals surface area (Å²) in [6.07, 6.45) is 0. The minimum absolute atomic E-state index is 0.141. The number of amides is 1. The molecule has 0 aliphatic carbocycles. The van der Waals surface area contributed by atoms with Crippen molar-refractivity contribution in [3.63, 3.8) is 0 Å². The molecule has 25 heavy (non-hydrogen) atoms. The van der Waals surface area contributed by atoms with Crippen LogP contribution >= 0.6 is 0 Å². The molecule has 0 spiro atoms. The van der Waals surface area contributed by atoms with Gasteiger partial charge in [0.15, 0.2) is 6.61 Å². The highest BCUT2D eigenvalue weighted by atomic mass is 16.5. The van der Waals surface area contributed by atoms with Crippen LogP contribution in [0.2, 0.25) is 0 Å². The Morgan fingerprint density at radius 1 is 1.08 bits per heavy atom. The molecule has 1 aromatic heterocycles. The summed E-state index contributed by atoms with van der Waals surface area (Å²) in [5.41, 5.74) is 1.74. The maximum atomic E-state index is 12.0. The molecule has 0 bridgehead atoms. The zero-order valence-electron chi connectivity index (χ0n) is 14.0. The summed E-state index contributed by atoms with van der Waals surface area (Å²) in [6, 6.07) is 15.6. The van der Waals surface area contributed by atoms with Gasteiger partial charge in [-0.05, 0) is 42.5 Å². The van der Waals surface area contributed by atoms with E-state index in [1.54, 1.807) is 24.3 Å². The molecule has 6 heteroatoms. The third kappa shape index (κ3) is 4.17. The number of nitrogens with zero attached hydrogens (tertiary/aromatic N) is 1. The van der Waals surface area contributed by atoms with Gasteiger partial charge in [0.2, 0.25) is 0 Å². The first-order valence-corrected chi connectivity index (χ1v) is 7.75. The average molecular weight is 338 g/mol. The number of hydrogen-bond donors (Lipinski definition) is 1. The Balaban J connectivity index is 1.61. The van der Waals surface area contributed by atoms with Gasteiger partial charge in [-0.3, -0.25) is 4.79 Å². The van der Waals surface area contributed by atoms with E-state index in [9.17, 15) is 9.59 Å². The number of nitrogens with one attached hydrogen (secondary N) is 1. The number of fused-ring (bicyclic) bond motifs is 1. The van der Waals surface area contributed by atoms with Gasteiger partial charge in [0.25, 0.3) is 5.91 Å². The number of carbonyl (C=O) groups is 1. The third-order valence-corrected chi connectivity index (χ3v) is 3.63. The number of rotatable bonds is 5. The number of hydrogen-bond acceptors (Lipinski definition) is 5. The van der Waals surface area contributed by atoms with Crippen molar-refractivity contribution in [2.75, 3.05) is 30.9 Å². The average Bonchev–Trinajstić information content (AvgIpc) is 2.60. The second kappa shape index (κ2) is 7.09. The molecule has 6 nitrogen and oxygen atoms in total. The van der Waals surface area contributed by atoms with Crippen molar-refractivity contribution in [1.82, 2.24) is 0 Å². The fourth-order valence-electron chi connectivity index (χ4n) is 2.32. The molecule has 0 aliphatic heterocycles. The first-order valence-electron chi connectivity index (χ1n) is 7.75. The summed E-state index contributed by atoms with van der Waals surface area (Å²) in [5, 5.41) is 3.56. The van der Waals surface area contributed by atoms with Crippen LogP contribution in [0.15, 0.2) is 63.8 Å². The Bertz CT molecular complexity index is 946. The normalized spacial score (nSPS) is 10.5. The molecule has 1 amide bonds. The van der Waals surface area contributed by atoms with E-state index < -0.39 is 5.63 Å². The van der Waals surface area contributed by atoms with Gasteiger partial charge in [0.1, 0.15) is 11.3 Å². The highest BCUT2D eigenvalue weighted by Gasteiger charge is 2.06. The fourth-order valence-corrected chi connectivity index (χ4v) is 2.32. The second-order valence-corrected chi connectivity index (χ2v) is 5.73. The largest absolute Gasteiger partial charge is 0.484 e. The first kappa shape index (κ1) is 16.6. The van der Waals surface area contributed by atoms with Gasteiger partial charge in [-0.15, -0.1) is 0 Å². The minimum atomic E-state index is -0.427. The van der Waals surface area contributed by atoms with Gasteiger partial charge in [0.05, 0.1) is 0 Å². The van der Waals surface area contributed by atoms with Crippen LogP contribution in [0.25, 0.3) is 11.0 Å². The smallest absolute Gasteiger partial charge is 0.336 e. The molecular weight excluding hydrogens is 320 g/mol. The third-order valence-electron chi connectivity index (χ3n) is 3.63. The lowest BCUT2D eigenvalue weighted by molar-refractivity contribution is -0.118. The zero-order valence-corrected chi connectivity index (χ0v) is 14.0. The molecule has 1 N–H and O–H groups in total.